The lowest BCUT2D eigenvalue weighted by Gasteiger charge is -2.15. The summed E-state index contributed by atoms with van der Waals surface area (Å²) in [6, 6.07) is 12.8. The molecule has 0 N–H and O–H groups in total. The molecule has 0 aromatic heterocycles. The van der Waals surface area contributed by atoms with Crippen molar-refractivity contribution in [1.29, 1.82) is 0 Å². The van der Waals surface area contributed by atoms with E-state index >= 15 is 0 Å². The lowest BCUT2D eigenvalue weighted by atomic mass is 10.1. The minimum atomic E-state index is -0.623. The van der Waals surface area contributed by atoms with E-state index < -0.39 is 17.8 Å². The van der Waals surface area contributed by atoms with Crippen LogP contribution in [-0.2, 0) is 19.1 Å². The van der Waals surface area contributed by atoms with Gasteiger partial charge in [0.1, 0.15) is 17.4 Å². The molecule has 1 heterocycles. The normalized spacial score (nSPS) is 13.7. The zero-order valence-electron chi connectivity index (χ0n) is 17.2. The first-order valence-electron chi connectivity index (χ1n) is 9.84. The van der Waals surface area contributed by atoms with Gasteiger partial charge < -0.3 is 14.2 Å². The average Bonchev–Trinajstić information content (AvgIpc) is 3.00. The van der Waals surface area contributed by atoms with E-state index in [-0.39, 0.29) is 17.2 Å². The third-order valence-electron chi connectivity index (χ3n) is 4.51. The van der Waals surface area contributed by atoms with Gasteiger partial charge >= 0.3 is 5.97 Å². The fraction of sp³-hybridized carbons (Fsp3) is 0.261. The molecule has 0 bridgehead atoms. The van der Waals surface area contributed by atoms with Gasteiger partial charge in [-0.25, -0.2) is 9.69 Å². The Kier molecular flexibility index (Phi) is 7.44. The van der Waals surface area contributed by atoms with Crippen LogP contribution in [-0.4, -0.2) is 44.2 Å². The summed E-state index contributed by atoms with van der Waals surface area (Å²) < 4.78 is 15.6. The van der Waals surface area contributed by atoms with Crippen LogP contribution in [0.3, 0.4) is 0 Å². The van der Waals surface area contributed by atoms with E-state index in [1.165, 1.54) is 24.3 Å². The Morgan fingerprint density at radius 3 is 2.19 bits per heavy atom. The molecule has 0 fully saturated rings. The van der Waals surface area contributed by atoms with Crippen LogP contribution in [0.1, 0.15) is 29.8 Å². The maximum Gasteiger partial charge on any atom is 0.338 e. The molecule has 0 atom stereocenters. The molecular weight excluding hydrogens is 422 g/mol. The van der Waals surface area contributed by atoms with Gasteiger partial charge in [0.05, 0.1) is 30.0 Å². The Morgan fingerprint density at radius 1 is 0.903 bits per heavy atom. The van der Waals surface area contributed by atoms with Crippen LogP contribution >= 0.6 is 11.6 Å². The Labute approximate surface area is 185 Å². The van der Waals surface area contributed by atoms with Gasteiger partial charge in [-0.1, -0.05) is 23.7 Å². The molecule has 2 aromatic carbocycles. The smallest absolute Gasteiger partial charge is 0.338 e. The summed E-state index contributed by atoms with van der Waals surface area (Å²) in [7, 11) is 0. The minimum Gasteiger partial charge on any atom is -0.494 e. The topological polar surface area (TPSA) is 82.1 Å². The molecule has 162 valence electrons. The number of ether oxygens (including phenoxy) is 3. The second kappa shape index (κ2) is 10.2. The maximum absolute atomic E-state index is 13.0. The maximum atomic E-state index is 13.0. The van der Waals surface area contributed by atoms with Gasteiger partial charge in [-0.05, 0) is 55.8 Å². The number of carbonyl (C=O) groups is 3. The fourth-order valence-corrected chi connectivity index (χ4v) is 3.31. The second-order valence-corrected chi connectivity index (χ2v) is 6.85. The van der Waals surface area contributed by atoms with Crippen molar-refractivity contribution in [2.75, 3.05) is 31.3 Å². The Bertz CT molecular complexity index is 998. The molecular formula is C23H22ClNO6. The number of hydrogen-bond donors (Lipinski definition) is 0. The molecule has 0 unspecified atom stereocenters. The molecule has 2 aromatic rings. The van der Waals surface area contributed by atoms with Crippen LogP contribution in [0.15, 0.2) is 53.6 Å². The van der Waals surface area contributed by atoms with Crippen LogP contribution < -0.4 is 9.64 Å². The number of benzene rings is 2. The summed E-state index contributed by atoms with van der Waals surface area (Å²) in [4.78, 5) is 38.7. The lowest BCUT2D eigenvalue weighted by Crippen LogP contribution is -2.31. The molecule has 0 saturated heterocycles. The predicted octanol–water partition coefficient (Wildman–Crippen LogP) is 3.80. The summed E-state index contributed by atoms with van der Waals surface area (Å²) in [6.45, 7) is 5.24. The number of carbonyl (C=O) groups excluding carboxylic acids is 3. The number of halogens is 1. The van der Waals surface area contributed by atoms with Crippen molar-refractivity contribution >= 4 is 40.6 Å². The minimum absolute atomic E-state index is 0.120. The molecule has 31 heavy (non-hydrogen) atoms. The van der Waals surface area contributed by atoms with Crippen molar-refractivity contribution in [2.45, 2.75) is 13.8 Å². The number of anilines is 1. The van der Waals surface area contributed by atoms with Crippen molar-refractivity contribution in [3.05, 3.63) is 64.7 Å². The summed E-state index contributed by atoms with van der Waals surface area (Å²) >= 11 is 6.22. The molecule has 0 saturated carbocycles. The first kappa shape index (κ1) is 22.5. The number of hydrogen-bond acceptors (Lipinski definition) is 6. The van der Waals surface area contributed by atoms with Crippen molar-refractivity contribution in [2.24, 2.45) is 0 Å². The van der Waals surface area contributed by atoms with E-state index in [4.69, 9.17) is 25.8 Å². The molecule has 0 aliphatic carbocycles. The molecule has 7 nitrogen and oxygen atoms in total. The van der Waals surface area contributed by atoms with Gasteiger partial charge in [-0.15, -0.1) is 0 Å². The van der Waals surface area contributed by atoms with Gasteiger partial charge in [0.15, 0.2) is 0 Å². The molecule has 1 aliphatic rings. The number of esters is 1. The van der Waals surface area contributed by atoms with Gasteiger partial charge in [0.2, 0.25) is 0 Å². The first-order chi connectivity index (χ1) is 15.0. The monoisotopic (exact) mass is 443 g/mol. The molecule has 0 radical (unpaired) electrons. The Balaban J connectivity index is 1.75. The number of rotatable bonds is 9. The van der Waals surface area contributed by atoms with Gasteiger partial charge in [-0.3, -0.25) is 9.59 Å². The van der Waals surface area contributed by atoms with Crippen molar-refractivity contribution in [3.8, 4) is 5.75 Å². The zero-order valence-corrected chi connectivity index (χ0v) is 18.0. The highest BCUT2D eigenvalue weighted by molar-refractivity contribution is 6.60. The Hall–Kier alpha value is -3.16. The molecule has 2 amide bonds. The average molecular weight is 444 g/mol. The predicted molar refractivity (Wildman–Crippen MR) is 116 cm³/mol. The molecule has 0 spiro atoms. The highest BCUT2D eigenvalue weighted by Gasteiger charge is 2.39. The van der Waals surface area contributed by atoms with Crippen molar-refractivity contribution in [3.63, 3.8) is 0 Å². The SMILES string of the molecule is CCOCCOC(=O)c1ccc(N2C(=O)C(Cl)=C(c3ccc(OCC)cc3)C2=O)cc1. The molecule has 3 rings (SSSR count). The van der Waals surface area contributed by atoms with Crippen LogP contribution in [0.25, 0.3) is 5.57 Å². The highest BCUT2D eigenvalue weighted by Crippen LogP contribution is 2.35. The zero-order chi connectivity index (χ0) is 22.4. The lowest BCUT2D eigenvalue weighted by molar-refractivity contribution is -0.119. The van der Waals surface area contributed by atoms with Crippen LogP contribution in [0.2, 0.25) is 0 Å². The van der Waals surface area contributed by atoms with Crippen LogP contribution in [0, 0.1) is 0 Å². The third kappa shape index (κ3) is 4.95. The van der Waals surface area contributed by atoms with E-state index in [2.05, 4.69) is 0 Å². The highest BCUT2D eigenvalue weighted by atomic mass is 35.5. The number of amides is 2. The van der Waals surface area contributed by atoms with Gasteiger partial charge in [0, 0.05) is 6.61 Å². The van der Waals surface area contributed by atoms with E-state index in [1.807, 2.05) is 13.8 Å². The van der Waals surface area contributed by atoms with Crippen LogP contribution in [0.5, 0.6) is 5.75 Å². The van der Waals surface area contributed by atoms with Gasteiger partial charge in [-0.2, -0.15) is 0 Å². The number of imide groups is 1. The second-order valence-electron chi connectivity index (χ2n) is 6.47. The van der Waals surface area contributed by atoms with Crippen LogP contribution in [0.4, 0.5) is 5.69 Å². The van der Waals surface area contributed by atoms with Gasteiger partial charge in [0.25, 0.3) is 11.8 Å². The number of nitrogens with zero attached hydrogens (tertiary/aromatic N) is 1. The summed E-state index contributed by atoms with van der Waals surface area (Å²) in [5.41, 5.74) is 1.24. The van der Waals surface area contributed by atoms with E-state index in [9.17, 15) is 14.4 Å². The van der Waals surface area contributed by atoms with Crippen molar-refractivity contribution < 1.29 is 28.6 Å². The first-order valence-corrected chi connectivity index (χ1v) is 10.2. The van der Waals surface area contributed by atoms with Crippen molar-refractivity contribution in [1.82, 2.24) is 0 Å². The molecule has 1 aliphatic heterocycles. The largest absolute Gasteiger partial charge is 0.494 e. The van der Waals surface area contributed by atoms with E-state index in [1.54, 1.807) is 24.3 Å². The summed E-state index contributed by atoms with van der Waals surface area (Å²) in [5.74, 6) is -1.02. The summed E-state index contributed by atoms with van der Waals surface area (Å²) in [6.07, 6.45) is 0. The third-order valence-corrected chi connectivity index (χ3v) is 4.86. The molecule has 8 heteroatoms. The Morgan fingerprint density at radius 2 is 1.58 bits per heavy atom. The van der Waals surface area contributed by atoms with E-state index in [0.29, 0.717) is 42.4 Å². The summed E-state index contributed by atoms with van der Waals surface area (Å²) in [5, 5.41) is -0.159. The van der Waals surface area contributed by atoms with E-state index in [0.717, 1.165) is 4.90 Å². The quantitative estimate of drug-likeness (QED) is 0.333. The fourth-order valence-electron chi connectivity index (χ4n) is 3.04. The standard InChI is InChI=1S/C23H22ClNO6/c1-3-29-13-14-31-23(28)16-5-9-17(10-6-16)25-21(26)19(20(24)22(25)27)15-7-11-18(12-8-15)30-4-2/h5-12H,3-4,13-14H2,1-2H3.